The van der Waals surface area contributed by atoms with Crippen LogP contribution in [0.2, 0.25) is 0 Å². The average molecular weight is 317 g/mol. The number of hydrogen-bond donors (Lipinski definition) is 0. The summed E-state index contributed by atoms with van der Waals surface area (Å²) in [7, 11) is 0. The fourth-order valence-electron chi connectivity index (χ4n) is 2.74. The maximum Gasteiger partial charge on any atom is 0.119 e. The molecule has 0 saturated carbocycles. The Hall–Kier alpha value is -1.36. The van der Waals surface area contributed by atoms with E-state index in [1.54, 1.807) is 0 Å². The molecule has 0 spiro atoms. The van der Waals surface area contributed by atoms with Crippen LogP contribution < -0.4 is 4.74 Å². The molecule has 3 nitrogen and oxygen atoms in total. The van der Waals surface area contributed by atoms with E-state index in [1.807, 2.05) is 41.7 Å². The van der Waals surface area contributed by atoms with Gasteiger partial charge in [0.05, 0.1) is 6.10 Å². The number of para-hydroxylation sites is 1. The molecule has 0 amide bonds. The smallest absolute Gasteiger partial charge is 0.119 e. The molecule has 0 aliphatic carbocycles. The van der Waals surface area contributed by atoms with Crippen LogP contribution in [0.5, 0.6) is 5.75 Å². The summed E-state index contributed by atoms with van der Waals surface area (Å²) in [5.41, 5.74) is 0. The van der Waals surface area contributed by atoms with Crippen molar-refractivity contribution in [1.29, 1.82) is 0 Å². The Morgan fingerprint density at radius 1 is 1.18 bits per heavy atom. The second-order valence-corrected chi connectivity index (χ2v) is 6.64. The molecule has 1 fully saturated rings. The molecular formula is C18H23NO2S. The quantitative estimate of drug-likeness (QED) is 0.739. The van der Waals surface area contributed by atoms with Gasteiger partial charge in [0.2, 0.25) is 0 Å². The Labute approximate surface area is 136 Å². The van der Waals surface area contributed by atoms with Gasteiger partial charge in [0.25, 0.3) is 0 Å². The molecule has 1 aromatic heterocycles. The van der Waals surface area contributed by atoms with Gasteiger partial charge in [-0.15, -0.1) is 11.3 Å². The summed E-state index contributed by atoms with van der Waals surface area (Å²) >= 11 is 1.82. The molecule has 0 radical (unpaired) electrons. The van der Waals surface area contributed by atoms with Gasteiger partial charge in [-0.05, 0) is 36.4 Å². The molecule has 0 bridgehead atoms. The van der Waals surface area contributed by atoms with E-state index < -0.39 is 0 Å². The van der Waals surface area contributed by atoms with Crippen molar-refractivity contribution in [2.24, 2.45) is 0 Å². The first-order valence-electron chi connectivity index (χ1n) is 7.94. The van der Waals surface area contributed by atoms with Crippen LogP contribution in [-0.2, 0) is 11.3 Å². The third-order valence-electron chi connectivity index (χ3n) is 3.86. The molecule has 1 aliphatic heterocycles. The van der Waals surface area contributed by atoms with Gasteiger partial charge in [-0.1, -0.05) is 24.3 Å². The van der Waals surface area contributed by atoms with Crippen LogP contribution in [0.3, 0.4) is 0 Å². The first kappa shape index (κ1) is 15.5. The zero-order valence-electron chi connectivity index (χ0n) is 12.8. The number of rotatable bonds is 8. The molecule has 1 unspecified atom stereocenters. The molecule has 2 heterocycles. The van der Waals surface area contributed by atoms with Crippen LogP contribution in [0.15, 0.2) is 47.8 Å². The summed E-state index contributed by atoms with van der Waals surface area (Å²) in [6.07, 6.45) is 2.76. The Morgan fingerprint density at radius 2 is 2.09 bits per heavy atom. The second kappa shape index (κ2) is 8.32. The van der Waals surface area contributed by atoms with Crippen LogP contribution in [0.4, 0.5) is 0 Å². The largest absolute Gasteiger partial charge is 0.492 e. The fraction of sp³-hybridized carbons (Fsp3) is 0.444. The van der Waals surface area contributed by atoms with Crippen LogP contribution in [0.25, 0.3) is 0 Å². The van der Waals surface area contributed by atoms with Crippen molar-refractivity contribution < 1.29 is 9.47 Å². The Morgan fingerprint density at radius 3 is 2.82 bits per heavy atom. The first-order valence-corrected chi connectivity index (χ1v) is 8.82. The van der Waals surface area contributed by atoms with E-state index in [0.717, 1.165) is 32.0 Å². The van der Waals surface area contributed by atoms with Crippen LogP contribution in [0, 0.1) is 0 Å². The maximum atomic E-state index is 5.84. The number of thiophene rings is 1. The van der Waals surface area contributed by atoms with Gasteiger partial charge in [0.1, 0.15) is 12.4 Å². The normalized spacial score (nSPS) is 18.0. The third kappa shape index (κ3) is 4.83. The monoisotopic (exact) mass is 317 g/mol. The molecule has 1 aromatic carbocycles. The van der Waals surface area contributed by atoms with E-state index in [2.05, 4.69) is 22.4 Å². The van der Waals surface area contributed by atoms with Crippen molar-refractivity contribution in [1.82, 2.24) is 4.90 Å². The van der Waals surface area contributed by atoms with Gasteiger partial charge in [-0.2, -0.15) is 0 Å². The minimum Gasteiger partial charge on any atom is -0.492 e. The highest BCUT2D eigenvalue weighted by molar-refractivity contribution is 7.09. The van der Waals surface area contributed by atoms with Crippen molar-refractivity contribution in [2.45, 2.75) is 25.5 Å². The molecule has 2 aromatic rings. The minimum absolute atomic E-state index is 0.386. The van der Waals surface area contributed by atoms with Crippen molar-refractivity contribution in [3.8, 4) is 5.75 Å². The van der Waals surface area contributed by atoms with E-state index in [0.29, 0.717) is 12.7 Å². The van der Waals surface area contributed by atoms with E-state index >= 15 is 0 Å². The number of nitrogens with zero attached hydrogens (tertiary/aromatic N) is 1. The van der Waals surface area contributed by atoms with E-state index in [1.165, 1.54) is 17.7 Å². The highest BCUT2D eigenvalue weighted by Crippen LogP contribution is 2.17. The molecule has 118 valence electrons. The lowest BCUT2D eigenvalue weighted by Crippen LogP contribution is -2.34. The summed E-state index contributed by atoms with van der Waals surface area (Å²) in [5.74, 6) is 0.940. The lowest BCUT2D eigenvalue weighted by molar-refractivity contribution is 0.0657. The predicted molar refractivity (Wildman–Crippen MR) is 90.5 cm³/mol. The molecule has 4 heteroatoms. The third-order valence-corrected chi connectivity index (χ3v) is 4.73. The molecule has 1 atom stereocenters. The highest BCUT2D eigenvalue weighted by atomic mass is 32.1. The van der Waals surface area contributed by atoms with Crippen LogP contribution in [0.1, 0.15) is 17.7 Å². The van der Waals surface area contributed by atoms with Crippen molar-refractivity contribution >= 4 is 11.3 Å². The zero-order valence-corrected chi connectivity index (χ0v) is 13.6. The predicted octanol–water partition coefficient (Wildman–Crippen LogP) is 3.81. The maximum absolute atomic E-state index is 5.84. The lowest BCUT2D eigenvalue weighted by atomic mass is 10.2. The summed E-state index contributed by atoms with van der Waals surface area (Å²) in [6.45, 7) is 4.53. The number of hydrogen-bond acceptors (Lipinski definition) is 4. The summed E-state index contributed by atoms with van der Waals surface area (Å²) in [4.78, 5) is 3.85. The Kier molecular flexibility index (Phi) is 5.87. The van der Waals surface area contributed by atoms with Crippen molar-refractivity contribution in [3.63, 3.8) is 0 Å². The Bertz CT molecular complexity index is 523. The summed E-state index contributed by atoms with van der Waals surface area (Å²) in [6, 6.07) is 14.3. The van der Waals surface area contributed by atoms with E-state index in [4.69, 9.17) is 9.47 Å². The molecular weight excluding hydrogens is 294 g/mol. The molecule has 0 N–H and O–H groups in total. The van der Waals surface area contributed by atoms with Crippen LogP contribution in [-0.4, -0.2) is 37.3 Å². The number of ether oxygens (including phenoxy) is 2. The standard InChI is InChI=1S/C18H23NO2S/c1-2-6-16(7-3-1)21-12-10-19(14-17-8-4-11-20-17)15-18-9-5-13-22-18/h1-3,5-7,9,13,17H,4,8,10-12,14-15H2. The van der Waals surface area contributed by atoms with Gasteiger partial charge in [-0.25, -0.2) is 0 Å². The minimum atomic E-state index is 0.386. The van der Waals surface area contributed by atoms with Crippen LogP contribution >= 0.6 is 11.3 Å². The summed E-state index contributed by atoms with van der Waals surface area (Å²) < 4.78 is 11.6. The molecule has 22 heavy (non-hydrogen) atoms. The van der Waals surface area contributed by atoms with Gasteiger partial charge >= 0.3 is 0 Å². The molecule has 1 saturated heterocycles. The van der Waals surface area contributed by atoms with E-state index in [9.17, 15) is 0 Å². The number of benzene rings is 1. The van der Waals surface area contributed by atoms with Crippen molar-refractivity contribution in [2.75, 3.05) is 26.3 Å². The van der Waals surface area contributed by atoms with Crippen molar-refractivity contribution in [3.05, 3.63) is 52.7 Å². The lowest BCUT2D eigenvalue weighted by Gasteiger charge is -2.24. The molecule has 1 aliphatic rings. The zero-order chi connectivity index (χ0) is 15.0. The SMILES string of the molecule is c1ccc(OCCN(Cc2cccs2)CC2CCCO2)cc1. The molecule has 3 rings (SSSR count). The van der Waals surface area contributed by atoms with E-state index in [-0.39, 0.29) is 0 Å². The fourth-order valence-corrected chi connectivity index (χ4v) is 3.49. The first-order chi connectivity index (χ1) is 10.9. The topological polar surface area (TPSA) is 21.7 Å². The summed E-state index contributed by atoms with van der Waals surface area (Å²) in [5, 5.41) is 2.14. The second-order valence-electron chi connectivity index (χ2n) is 5.61. The highest BCUT2D eigenvalue weighted by Gasteiger charge is 2.19. The van der Waals surface area contributed by atoms with Gasteiger partial charge in [-0.3, -0.25) is 4.90 Å². The average Bonchev–Trinajstić information content (AvgIpc) is 3.22. The van der Waals surface area contributed by atoms with Gasteiger partial charge < -0.3 is 9.47 Å². The van der Waals surface area contributed by atoms with Gasteiger partial charge in [0, 0.05) is 31.1 Å². The van der Waals surface area contributed by atoms with Gasteiger partial charge in [0.15, 0.2) is 0 Å². The Balaban J connectivity index is 1.50.